The van der Waals surface area contributed by atoms with E-state index in [1.54, 1.807) is 30.8 Å². The molecule has 8 rings (SSSR count). The molecule has 1 amide bonds. The summed E-state index contributed by atoms with van der Waals surface area (Å²) in [6, 6.07) is 23.5. The molecule has 2 aromatic carbocycles. The molecule has 2 atom stereocenters. The van der Waals surface area contributed by atoms with E-state index in [4.69, 9.17) is 9.15 Å². The Morgan fingerprint density at radius 1 is 1.04 bits per heavy atom. The van der Waals surface area contributed by atoms with Gasteiger partial charge in [0.2, 0.25) is 5.91 Å². The van der Waals surface area contributed by atoms with Gasteiger partial charge < -0.3 is 23.7 Å². The van der Waals surface area contributed by atoms with Crippen LogP contribution in [0.15, 0.2) is 107 Å². The van der Waals surface area contributed by atoms with Crippen LogP contribution in [0, 0.1) is 5.92 Å². The summed E-state index contributed by atoms with van der Waals surface area (Å²) < 4.78 is 14.2. The number of carbonyl (C=O) groups is 1. The Balaban J connectivity index is 0.932. The SMILES string of the molecule is COc1cccc(-n2ccc3c(=O)n(CC4(O)CCN(C(=O)[C@@H]5CCN(Cc6cnc(-c7ccco7)s6)C[C@H]5c5ccccc5)CC4)cnc32)c1. The number of piperidine rings is 2. The van der Waals surface area contributed by atoms with Crippen molar-refractivity contribution in [2.45, 2.75) is 43.9 Å². The second-order valence-corrected chi connectivity index (χ2v) is 14.7. The van der Waals surface area contributed by atoms with E-state index in [0.717, 1.165) is 53.0 Å². The number of amides is 1. The van der Waals surface area contributed by atoms with E-state index >= 15 is 0 Å². The number of rotatable bonds is 9. The van der Waals surface area contributed by atoms with Crippen LogP contribution in [0.4, 0.5) is 0 Å². The maximum Gasteiger partial charge on any atom is 0.262 e. The summed E-state index contributed by atoms with van der Waals surface area (Å²) in [4.78, 5) is 42.4. The third kappa shape index (κ3) is 6.74. The Kier molecular flexibility index (Phi) is 9.05. The summed E-state index contributed by atoms with van der Waals surface area (Å²) in [6.07, 6.45) is 8.43. The van der Waals surface area contributed by atoms with E-state index in [0.29, 0.717) is 42.7 Å². The van der Waals surface area contributed by atoms with Gasteiger partial charge in [0.1, 0.15) is 12.1 Å². The van der Waals surface area contributed by atoms with Gasteiger partial charge in [0.15, 0.2) is 16.4 Å². The van der Waals surface area contributed by atoms with Crippen molar-refractivity contribution in [2.24, 2.45) is 5.92 Å². The van der Waals surface area contributed by atoms with E-state index in [2.05, 4.69) is 27.0 Å². The number of ether oxygens (including phenoxy) is 1. The van der Waals surface area contributed by atoms with Gasteiger partial charge in [-0.1, -0.05) is 36.4 Å². The fourth-order valence-electron chi connectivity index (χ4n) is 7.60. The van der Waals surface area contributed by atoms with Crippen LogP contribution in [-0.4, -0.2) is 78.8 Å². The third-order valence-corrected chi connectivity index (χ3v) is 11.4. The Hall–Kier alpha value is -5.04. The van der Waals surface area contributed by atoms with Gasteiger partial charge in [-0.25, -0.2) is 9.97 Å². The van der Waals surface area contributed by atoms with Gasteiger partial charge in [-0.2, -0.15) is 0 Å². The molecule has 2 saturated heterocycles. The van der Waals surface area contributed by atoms with Gasteiger partial charge >= 0.3 is 0 Å². The lowest BCUT2D eigenvalue weighted by atomic mass is 9.79. The Bertz CT molecular complexity index is 2180. The van der Waals surface area contributed by atoms with Crippen molar-refractivity contribution in [1.29, 1.82) is 0 Å². The summed E-state index contributed by atoms with van der Waals surface area (Å²) in [5.74, 6) is 1.52. The predicted octanol–water partition coefficient (Wildman–Crippen LogP) is 5.57. The van der Waals surface area contributed by atoms with Gasteiger partial charge in [0, 0.05) is 61.4 Å². The predicted molar refractivity (Wildman–Crippen MR) is 195 cm³/mol. The maximum absolute atomic E-state index is 14.2. The minimum atomic E-state index is -1.13. The lowest BCUT2D eigenvalue weighted by Crippen LogP contribution is -2.53. The minimum Gasteiger partial charge on any atom is -0.497 e. The van der Waals surface area contributed by atoms with Gasteiger partial charge in [-0.05, 0) is 61.7 Å². The Morgan fingerprint density at radius 3 is 2.67 bits per heavy atom. The fraction of sp³-hybridized carbons (Fsp3) is 0.333. The number of aliphatic hydroxyl groups is 1. The molecule has 0 unspecified atom stereocenters. The number of methoxy groups -OCH3 is 1. The Morgan fingerprint density at radius 2 is 1.88 bits per heavy atom. The lowest BCUT2D eigenvalue weighted by molar-refractivity contribution is -0.142. The van der Waals surface area contributed by atoms with E-state index in [9.17, 15) is 14.7 Å². The topological polar surface area (TPSA) is 119 Å². The zero-order chi connectivity index (χ0) is 35.0. The van der Waals surface area contributed by atoms with E-state index in [1.807, 2.05) is 76.5 Å². The number of likely N-dealkylation sites (tertiary alicyclic amines) is 2. The van der Waals surface area contributed by atoms with Crippen LogP contribution >= 0.6 is 11.3 Å². The zero-order valence-electron chi connectivity index (χ0n) is 28.4. The van der Waals surface area contributed by atoms with Crippen molar-refractivity contribution >= 4 is 28.3 Å². The smallest absolute Gasteiger partial charge is 0.262 e. The molecule has 2 aliphatic heterocycles. The lowest BCUT2D eigenvalue weighted by Gasteiger charge is -2.43. The normalized spacial score (nSPS) is 19.4. The molecule has 6 aromatic rings. The first-order valence-corrected chi connectivity index (χ1v) is 18.2. The van der Waals surface area contributed by atoms with Crippen LogP contribution in [0.2, 0.25) is 0 Å². The molecule has 2 aliphatic rings. The van der Waals surface area contributed by atoms with Crippen LogP contribution in [0.25, 0.3) is 27.5 Å². The third-order valence-electron chi connectivity index (χ3n) is 10.4. The maximum atomic E-state index is 14.2. The van der Waals surface area contributed by atoms with Crippen LogP contribution in [0.5, 0.6) is 5.75 Å². The first-order chi connectivity index (χ1) is 24.9. The second-order valence-electron chi connectivity index (χ2n) is 13.6. The monoisotopic (exact) mass is 704 g/mol. The van der Waals surface area contributed by atoms with Crippen molar-refractivity contribution in [3.63, 3.8) is 0 Å². The van der Waals surface area contributed by atoms with E-state index in [1.165, 1.54) is 10.9 Å². The van der Waals surface area contributed by atoms with Gasteiger partial charge in [-0.3, -0.25) is 19.1 Å². The minimum absolute atomic E-state index is 0.0476. The van der Waals surface area contributed by atoms with Crippen LogP contribution in [0.3, 0.4) is 0 Å². The zero-order valence-corrected chi connectivity index (χ0v) is 29.2. The molecular formula is C39H40N6O5S. The summed E-state index contributed by atoms with van der Waals surface area (Å²) in [5, 5.41) is 13.0. The molecule has 51 heavy (non-hydrogen) atoms. The summed E-state index contributed by atoms with van der Waals surface area (Å²) in [6.45, 7) is 3.33. The van der Waals surface area contributed by atoms with Gasteiger partial charge in [-0.15, -0.1) is 11.3 Å². The number of nitrogens with zero attached hydrogens (tertiary/aromatic N) is 6. The number of fused-ring (bicyclic) bond motifs is 1. The molecule has 0 bridgehead atoms. The number of thiazole rings is 1. The molecule has 6 heterocycles. The largest absolute Gasteiger partial charge is 0.497 e. The van der Waals surface area contributed by atoms with Crippen molar-refractivity contribution in [3.8, 4) is 22.2 Å². The summed E-state index contributed by atoms with van der Waals surface area (Å²) in [7, 11) is 1.62. The number of aromatic nitrogens is 4. The van der Waals surface area contributed by atoms with Crippen LogP contribution < -0.4 is 10.3 Å². The molecule has 4 aromatic heterocycles. The highest BCUT2D eigenvalue weighted by Crippen LogP contribution is 2.37. The van der Waals surface area contributed by atoms with Crippen LogP contribution in [-0.2, 0) is 17.9 Å². The summed E-state index contributed by atoms with van der Waals surface area (Å²) >= 11 is 1.64. The first-order valence-electron chi connectivity index (χ1n) is 17.4. The molecule has 2 fully saturated rings. The number of hydrogen-bond donors (Lipinski definition) is 1. The molecule has 262 valence electrons. The highest BCUT2D eigenvalue weighted by molar-refractivity contribution is 7.14. The van der Waals surface area contributed by atoms with Crippen molar-refractivity contribution in [2.75, 3.05) is 33.3 Å². The number of hydrogen-bond acceptors (Lipinski definition) is 9. The standard InChI is InChI=1S/C39H40N6O5S/c1-49-29-10-5-9-28(21-29)45-17-13-32-35(45)41-26-44(38(32)47)25-39(48)14-18-43(19-15-39)37(46)31-12-16-42(24-33(31)27-7-3-2-4-8-27)23-30-22-40-36(51-30)34-11-6-20-50-34/h2-11,13,17,20-22,26,31,33,48H,12,14-16,18-19,23-25H2,1H3/t31-,33+/m1/s1. The van der Waals surface area contributed by atoms with Crippen molar-refractivity contribution in [3.05, 3.63) is 119 Å². The van der Waals surface area contributed by atoms with Gasteiger partial charge in [0.25, 0.3) is 5.56 Å². The van der Waals surface area contributed by atoms with Crippen LogP contribution in [0.1, 0.15) is 35.6 Å². The molecule has 0 saturated carbocycles. The molecular weight excluding hydrogens is 665 g/mol. The van der Waals surface area contributed by atoms with Crippen molar-refractivity contribution < 1.29 is 19.1 Å². The highest BCUT2D eigenvalue weighted by Gasteiger charge is 2.41. The quantitative estimate of drug-likeness (QED) is 0.208. The Labute approximate surface area is 299 Å². The highest BCUT2D eigenvalue weighted by atomic mass is 32.1. The molecule has 0 spiro atoms. The molecule has 0 radical (unpaired) electrons. The van der Waals surface area contributed by atoms with Crippen molar-refractivity contribution in [1.82, 2.24) is 28.9 Å². The number of carbonyl (C=O) groups excluding carboxylic acids is 1. The number of furan rings is 1. The summed E-state index contributed by atoms with van der Waals surface area (Å²) in [5.41, 5.74) is 1.21. The molecule has 11 nitrogen and oxygen atoms in total. The van der Waals surface area contributed by atoms with Gasteiger partial charge in [0.05, 0.1) is 36.6 Å². The fourth-order valence-corrected chi connectivity index (χ4v) is 8.52. The average Bonchev–Trinajstić information content (AvgIpc) is 3.95. The molecule has 0 aliphatic carbocycles. The van der Waals surface area contributed by atoms with E-state index < -0.39 is 5.60 Å². The second kappa shape index (κ2) is 13.9. The van der Waals surface area contributed by atoms with E-state index in [-0.39, 0.29) is 29.8 Å². The molecule has 12 heteroatoms. The average molecular weight is 705 g/mol. The molecule has 1 N–H and O–H groups in total. The number of benzene rings is 2. The first kappa shape index (κ1) is 33.1.